The minimum Gasteiger partial charge on any atom is -0.508 e. The molecule has 2 N–H and O–H groups in total. The number of nitrogens with zero attached hydrogens (tertiary/aromatic N) is 1. The number of aryl methyl sites for hydroxylation is 2. The molecule has 0 saturated carbocycles. The van der Waals surface area contributed by atoms with Gasteiger partial charge in [0.05, 0.1) is 0 Å². The lowest BCUT2D eigenvalue weighted by molar-refractivity contribution is -0.112. The molecule has 1 amide bonds. The van der Waals surface area contributed by atoms with Gasteiger partial charge in [0.15, 0.2) is 0 Å². The molecule has 0 unspecified atom stereocenters. The molecule has 22 heavy (non-hydrogen) atoms. The van der Waals surface area contributed by atoms with Crippen LogP contribution in [0.25, 0.3) is 6.08 Å². The van der Waals surface area contributed by atoms with E-state index in [0.717, 1.165) is 11.1 Å². The van der Waals surface area contributed by atoms with Crippen LogP contribution in [0.4, 0.5) is 5.69 Å². The molecular weight excluding hydrogens is 276 g/mol. The van der Waals surface area contributed by atoms with E-state index < -0.39 is 5.91 Å². The Balaban J connectivity index is 2.22. The highest BCUT2D eigenvalue weighted by atomic mass is 16.3. The third kappa shape index (κ3) is 3.74. The number of nitriles is 1. The number of hydrogen-bond donors (Lipinski definition) is 2. The summed E-state index contributed by atoms with van der Waals surface area (Å²) < 4.78 is 0. The average Bonchev–Trinajstić information content (AvgIpc) is 2.48. The predicted molar refractivity (Wildman–Crippen MR) is 86.2 cm³/mol. The van der Waals surface area contributed by atoms with E-state index in [1.165, 1.54) is 18.2 Å². The molecule has 4 nitrogen and oxygen atoms in total. The molecular formula is C18H16N2O2. The highest BCUT2D eigenvalue weighted by Gasteiger charge is 2.10. The predicted octanol–water partition coefficient (Wildman–Crippen LogP) is 3.55. The molecule has 0 atom stereocenters. The van der Waals surface area contributed by atoms with E-state index in [4.69, 9.17) is 5.26 Å². The first-order valence-electron chi connectivity index (χ1n) is 6.79. The highest BCUT2D eigenvalue weighted by Crippen LogP contribution is 2.17. The molecule has 0 bridgehead atoms. The van der Waals surface area contributed by atoms with Crippen molar-refractivity contribution in [2.45, 2.75) is 13.8 Å². The molecule has 0 spiro atoms. The van der Waals surface area contributed by atoms with Crippen molar-refractivity contribution >= 4 is 17.7 Å². The number of phenols is 1. The Bertz CT molecular complexity index is 786. The minimum atomic E-state index is -0.478. The summed E-state index contributed by atoms with van der Waals surface area (Å²) in [5, 5.41) is 21.3. The second-order valence-corrected chi connectivity index (χ2v) is 5.02. The number of hydrogen-bond acceptors (Lipinski definition) is 3. The first-order valence-corrected chi connectivity index (χ1v) is 6.79. The van der Waals surface area contributed by atoms with Gasteiger partial charge in [-0.05, 0) is 60.9 Å². The molecule has 0 fully saturated rings. The number of amides is 1. The van der Waals surface area contributed by atoms with E-state index in [9.17, 15) is 9.90 Å². The van der Waals surface area contributed by atoms with Crippen LogP contribution in [0.15, 0.2) is 48.0 Å². The zero-order chi connectivity index (χ0) is 16.1. The maximum Gasteiger partial charge on any atom is 0.266 e. The summed E-state index contributed by atoms with van der Waals surface area (Å²) in [6, 6.07) is 13.8. The van der Waals surface area contributed by atoms with Crippen LogP contribution in [-0.2, 0) is 4.79 Å². The van der Waals surface area contributed by atoms with Crippen molar-refractivity contribution in [2.75, 3.05) is 5.32 Å². The summed E-state index contributed by atoms with van der Waals surface area (Å²) in [7, 11) is 0. The van der Waals surface area contributed by atoms with Crippen LogP contribution in [0.3, 0.4) is 0 Å². The van der Waals surface area contributed by atoms with E-state index in [2.05, 4.69) is 5.32 Å². The Morgan fingerprint density at radius 1 is 1.18 bits per heavy atom. The Morgan fingerprint density at radius 2 is 1.95 bits per heavy atom. The molecule has 2 rings (SSSR count). The first kappa shape index (κ1) is 15.3. The van der Waals surface area contributed by atoms with Gasteiger partial charge in [0, 0.05) is 5.69 Å². The zero-order valence-electron chi connectivity index (χ0n) is 12.4. The Kier molecular flexibility index (Phi) is 4.60. The van der Waals surface area contributed by atoms with Crippen LogP contribution >= 0.6 is 0 Å². The standard InChI is InChI=1S/C18H16N2O2/c1-12-6-7-16(8-13(12)2)20-18(22)15(11-19)9-14-4-3-5-17(21)10-14/h3-10,21H,1-2H3,(H,20,22)/b15-9-. The van der Waals surface area contributed by atoms with Gasteiger partial charge in [-0.2, -0.15) is 5.26 Å². The molecule has 0 aromatic heterocycles. The summed E-state index contributed by atoms with van der Waals surface area (Å²) in [6.07, 6.45) is 1.44. The lowest BCUT2D eigenvalue weighted by Crippen LogP contribution is -2.13. The van der Waals surface area contributed by atoms with E-state index in [1.54, 1.807) is 18.2 Å². The number of carbonyl (C=O) groups excluding carboxylic acids is 1. The Labute approximate surface area is 129 Å². The van der Waals surface area contributed by atoms with Crippen molar-refractivity contribution in [3.05, 3.63) is 64.7 Å². The zero-order valence-corrected chi connectivity index (χ0v) is 12.4. The Hall–Kier alpha value is -3.06. The molecule has 0 heterocycles. The normalized spacial score (nSPS) is 10.9. The van der Waals surface area contributed by atoms with Crippen LogP contribution < -0.4 is 5.32 Å². The second-order valence-electron chi connectivity index (χ2n) is 5.02. The van der Waals surface area contributed by atoms with E-state index in [1.807, 2.05) is 32.0 Å². The van der Waals surface area contributed by atoms with Crippen LogP contribution in [-0.4, -0.2) is 11.0 Å². The lowest BCUT2D eigenvalue weighted by Gasteiger charge is -2.07. The number of phenolic OH excluding ortho intramolecular Hbond substituents is 1. The summed E-state index contributed by atoms with van der Waals surface area (Å²) in [6.45, 7) is 3.95. The van der Waals surface area contributed by atoms with Gasteiger partial charge < -0.3 is 10.4 Å². The number of anilines is 1. The van der Waals surface area contributed by atoms with Crippen molar-refractivity contribution in [1.29, 1.82) is 5.26 Å². The summed E-state index contributed by atoms with van der Waals surface area (Å²) >= 11 is 0. The van der Waals surface area contributed by atoms with Crippen LogP contribution in [0.5, 0.6) is 5.75 Å². The Morgan fingerprint density at radius 3 is 2.59 bits per heavy atom. The number of nitrogens with one attached hydrogen (secondary N) is 1. The monoisotopic (exact) mass is 292 g/mol. The fourth-order valence-electron chi connectivity index (χ4n) is 1.95. The minimum absolute atomic E-state index is 0.0242. The average molecular weight is 292 g/mol. The third-order valence-electron chi connectivity index (χ3n) is 3.31. The smallest absolute Gasteiger partial charge is 0.266 e. The molecule has 0 radical (unpaired) electrons. The van der Waals surface area contributed by atoms with Gasteiger partial charge >= 0.3 is 0 Å². The first-order chi connectivity index (χ1) is 10.5. The summed E-state index contributed by atoms with van der Waals surface area (Å²) in [5.41, 5.74) is 3.41. The second kappa shape index (κ2) is 6.59. The molecule has 0 aliphatic heterocycles. The van der Waals surface area contributed by atoms with Crippen LogP contribution in [0.1, 0.15) is 16.7 Å². The van der Waals surface area contributed by atoms with Gasteiger partial charge in [-0.3, -0.25) is 4.79 Å². The van der Waals surface area contributed by atoms with Gasteiger partial charge in [0.1, 0.15) is 17.4 Å². The molecule has 0 aliphatic carbocycles. The van der Waals surface area contributed by atoms with Crippen molar-refractivity contribution in [2.24, 2.45) is 0 Å². The number of aromatic hydroxyl groups is 1. The molecule has 4 heteroatoms. The maximum absolute atomic E-state index is 12.2. The van der Waals surface area contributed by atoms with Crippen molar-refractivity contribution in [3.63, 3.8) is 0 Å². The van der Waals surface area contributed by atoms with Crippen LogP contribution in [0.2, 0.25) is 0 Å². The third-order valence-corrected chi connectivity index (χ3v) is 3.31. The van der Waals surface area contributed by atoms with Gasteiger partial charge in [-0.25, -0.2) is 0 Å². The number of benzene rings is 2. The topological polar surface area (TPSA) is 73.1 Å². The SMILES string of the molecule is Cc1ccc(NC(=O)/C(C#N)=C\c2cccc(O)c2)cc1C. The molecule has 2 aromatic rings. The van der Waals surface area contributed by atoms with Crippen LogP contribution in [0, 0.1) is 25.2 Å². The fraction of sp³-hybridized carbons (Fsp3) is 0.111. The van der Waals surface area contributed by atoms with Crippen molar-refractivity contribution in [1.82, 2.24) is 0 Å². The molecule has 110 valence electrons. The quantitative estimate of drug-likeness (QED) is 0.671. The van der Waals surface area contributed by atoms with Gasteiger partial charge in [0.25, 0.3) is 5.91 Å². The van der Waals surface area contributed by atoms with Gasteiger partial charge in [-0.1, -0.05) is 18.2 Å². The lowest BCUT2D eigenvalue weighted by atomic mass is 10.1. The maximum atomic E-state index is 12.2. The van der Waals surface area contributed by atoms with E-state index >= 15 is 0 Å². The van der Waals surface area contributed by atoms with Gasteiger partial charge in [0.2, 0.25) is 0 Å². The molecule has 0 aliphatic rings. The van der Waals surface area contributed by atoms with Gasteiger partial charge in [-0.15, -0.1) is 0 Å². The molecule has 2 aromatic carbocycles. The number of carbonyl (C=O) groups is 1. The van der Waals surface area contributed by atoms with E-state index in [0.29, 0.717) is 11.3 Å². The summed E-state index contributed by atoms with van der Waals surface area (Å²) in [5.74, 6) is -0.394. The largest absolute Gasteiger partial charge is 0.508 e. The van der Waals surface area contributed by atoms with Crippen molar-refractivity contribution in [3.8, 4) is 11.8 Å². The molecule has 0 saturated heterocycles. The number of rotatable bonds is 3. The fourth-order valence-corrected chi connectivity index (χ4v) is 1.95. The van der Waals surface area contributed by atoms with Crippen molar-refractivity contribution < 1.29 is 9.90 Å². The van der Waals surface area contributed by atoms with E-state index in [-0.39, 0.29) is 11.3 Å². The summed E-state index contributed by atoms with van der Waals surface area (Å²) in [4.78, 5) is 12.2. The highest BCUT2D eigenvalue weighted by molar-refractivity contribution is 6.09.